The largest absolute Gasteiger partial charge is 0.437 e. The molecule has 1 amide bonds. The van der Waals surface area contributed by atoms with E-state index >= 15 is 0 Å². The smallest absolute Gasteiger partial charge is 0.392 e. The first-order chi connectivity index (χ1) is 13.7. The first kappa shape index (κ1) is 21.7. The average Bonchev–Trinajstić information content (AvgIpc) is 3.27. The van der Waals surface area contributed by atoms with Crippen LogP contribution in [0.1, 0.15) is 60.8 Å². The summed E-state index contributed by atoms with van der Waals surface area (Å²) in [6, 6.07) is 0. The van der Waals surface area contributed by atoms with Crippen molar-refractivity contribution < 1.29 is 9.21 Å². The zero-order valence-corrected chi connectivity index (χ0v) is 18.5. The van der Waals surface area contributed by atoms with Crippen molar-refractivity contribution in [3.05, 3.63) is 33.3 Å². The van der Waals surface area contributed by atoms with Crippen LogP contribution in [0.3, 0.4) is 0 Å². The Kier molecular flexibility index (Phi) is 5.11. The van der Waals surface area contributed by atoms with Crippen molar-refractivity contribution in [3.8, 4) is 0 Å². The van der Waals surface area contributed by atoms with Gasteiger partial charge < -0.3 is 4.42 Å². The minimum Gasteiger partial charge on any atom is -0.392 e. The first-order valence-electron chi connectivity index (χ1n) is 9.83. The van der Waals surface area contributed by atoms with Gasteiger partial charge in [0.05, 0.1) is 29.0 Å². The van der Waals surface area contributed by atoms with E-state index in [2.05, 4.69) is 20.3 Å². The van der Waals surface area contributed by atoms with Gasteiger partial charge in [0.1, 0.15) is 6.33 Å². The average molecular weight is 419 g/mol. The lowest BCUT2D eigenvalue weighted by Crippen LogP contribution is -2.43. The fraction of sp³-hybridized carbons (Fsp3) is 0.684. The summed E-state index contributed by atoms with van der Waals surface area (Å²) in [4.78, 5) is 39.6. The number of nitrogens with zero attached hydrogens (tertiary/aromatic N) is 6. The van der Waals surface area contributed by atoms with E-state index in [4.69, 9.17) is 4.42 Å². The Hall–Kier alpha value is -2.98. The van der Waals surface area contributed by atoms with E-state index in [1.54, 1.807) is 20.1 Å². The number of hydrogen-bond acceptors (Lipinski definition) is 7. The van der Waals surface area contributed by atoms with E-state index in [-0.39, 0.29) is 23.9 Å². The van der Waals surface area contributed by atoms with Crippen LogP contribution < -0.4 is 11.4 Å². The third kappa shape index (κ3) is 4.01. The molecule has 0 aliphatic carbocycles. The summed E-state index contributed by atoms with van der Waals surface area (Å²) < 4.78 is 7.90. The molecule has 3 heterocycles. The number of nitrogens with one attached hydrogen (secondary N) is 1. The molecule has 0 bridgehead atoms. The van der Waals surface area contributed by atoms with Crippen LogP contribution in [0.5, 0.6) is 0 Å². The van der Waals surface area contributed by atoms with Gasteiger partial charge in [-0.2, -0.15) is 14.9 Å². The molecule has 164 valence electrons. The van der Waals surface area contributed by atoms with Gasteiger partial charge in [-0.25, -0.2) is 19.3 Å². The van der Waals surface area contributed by atoms with Crippen LogP contribution in [-0.4, -0.2) is 47.2 Å². The SMILES string of the molecule is CC(C)(C)N1N=CC(CC(C)(C)n2nc(CC(C)(C)n3nc[nH]c3=O)oc2=O)C1=O. The number of aromatic amines is 1. The molecule has 0 aromatic carbocycles. The summed E-state index contributed by atoms with van der Waals surface area (Å²) in [5.41, 5.74) is -2.31. The summed E-state index contributed by atoms with van der Waals surface area (Å²) in [6.07, 6.45) is 3.46. The van der Waals surface area contributed by atoms with E-state index < -0.39 is 28.3 Å². The van der Waals surface area contributed by atoms with Crippen LogP contribution in [0.15, 0.2) is 25.4 Å². The minimum atomic E-state index is -0.785. The Labute approximate surface area is 173 Å². The van der Waals surface area contributed by atoms with Crippen molar-refractivity contribution >= 4 is 12.1 Å². The molecule has 0 saturated carbocycles. The highest BCUT2D eigenvalue weighted by atomic mass is 16.4. The number of rotatable bonds is 6. The third-order valence-corrected chi connectivity index (χ3v) is 5.12. The van der Waals surface area contributed by atoms with Gasteiger partial charge in [-0.3, -0.25) is 9.78 Å². The highest BCUT2D eigenvalue weighted by molar-refractivity contribution is 5.97. The molecular weight excluding hydrogens is 390 g/mol. The molecule has 11 heteroatoms. The van der Waals surface area contributed by atoms with Crippen molar-refractivity contribution in [3.63, 3.8) is 0 Å². The number of carbonyl (C=O) groups excluding carboxylic acids is 1. The number of H-pyrrole nitrogens is 1. The molecule has 11 nitrogen and oxygen atoms in total. The maximum absolute atomic E-state index is 12.7. The fourth-order valence-electron chi connectivity index (χ4n) is 3.60. The number of aromatic nitrogens is 5. The van der Waals surface area contributed by atoms with E-state index in [1.165, 1.54) is 20.7 Å². The van der Waals surface area contributed by atoms with Crippen molar-refractivity contribution in [1.29, 1.82) is 0 Å². The normalized spacial score (nSPS) is 17.9. The third-order valence-electron chi connectivity index (χ3n) is 5.12. The molecule has 1 atom stereocenters. The maximum Gasteiger partial charge on any atom is 0.437 e. The van der Waals surface area contributed by atoms with Gasteiger partial charge in [-0.1, -0.05) is 0 Å². The topological polar surface area (TPSA) is 131 Å². The van der Waals surface area contributed by atoms with E-state index in [9.17, 15) is 14.4 Å². The highest BCUT2D eigenvalue weighted by Gasteiger charge is 2.40. The van der Waals surface area contributed by atoms with Gasteiger partial charge in [0.15, 0.2) is 0 Å². The molecule has 2 aromatic heterocycles. The number of amides is 1. The molecule has 3 rings (SSSR count). The van der Waals surface area contributed by atoms with Gasteiger partial charge in [-0.05, 0) is 54.9 Å². The molecule has 1 aliphatic heterocycles. The van der Waals surface area contributed by atoms with Crippen LogP contribution in [0.2, 0.25) is 0 Å². The lowest BCUT2D eigenvalue weighted by molar-refractivity contribution is -0.136. The van der Waals surface area contributed by atoms with E-state index in [0.29, 0.717) is 6.42 Å². The number of hydrogen-bond donors (Lipinski definition) is 1. The summed E-state index contributed by atoms with van der Waals surface area (Å²) in [7, 11) is 0. The van der Waals surface area contributed by atoms with Gasteiger partial charge in [0.2, 0.25) is 5.89 Å². The predicted octanol–water partition coefficient (Wildman–Crippen LogP) is 1.07. The van der Waals surface area contributed by atoms with E-state index in [1.807, 2.05) is 34.6 Å². The van der Waals surface area contributed by atoms with Gasteiger partial charge in [0, 0.05) is 6.21 Å². The van der Waals surface area contributed by atoms with Gasteiger partial charge in [0.25, 0.3) is 5.91 Å². The second-order valence-corrected chi connectivity index (χ2v) is 9.88. The standard InChI is InChI=1S/C19H29N7O4/c1-17(2,3)24-14(27)12(10-21-24)8-18(4,5)26-16(29)30-13(23-26)9-19(6,7)25-15(28)20-11-22-25/h10-12H,8-9H2,1-7H3,(H,20,22,28). The highest BCUT2D eigenvalue weighted by Crippen LogP contribution is 2.29. The van der Waals surface area contributed by atoms with Crippen LogP contribution in [-0.2, 0) is 22.3 Å². The maximum atomic E-state index is 12.7. The molecule has 30 heavy (non-hydrogen) atoms. The lowest BCUT2D eigenvalue weighted by atomic mass is 9.90. The molecule has 0 fully saturated rings. The Morgan fingerprint density at radius 1 is 1.03 bits per heavy atom. The van der Waals surface area contributed by atoms with Crippen LogP contribution in [0.25, 0.3) is 0 Å². The van der Waals surface area contributed by atoms with Crippen molar-refractivity contribution in [2.75, 3.05) is 0 Å². The Morgan fingerprint density at radius 2 is 1.70 bits per heavy atom. The molecule has 1 unspecified atom stereocenters. The molecule has 0 radical (unpaired) electrons. The monoisotopic (exact) mass is 419 g/mol. The minimum absolute atomic E-state index is 0.105. The molecule has 1 aliphatic rings. The first-order valence-corrected chi connectivity index (χ1v) is 9.83. The van der Waals surface area contributed by atoms with Crippen LogP contribution in [0.4, 0.5) is 0 Å². The van der Waals surface area contributed by atoms with Gasteiger partial charge >= 0.3 is 11.4 Å². The van der Waals surface area contributed by atoms with Crippen LogP contribution in [0, 0.1) is 5.92 Å². The molecule has 0 saturated heterocycles. The van der Waals surface area contributed by atoms with E-state index in [0.717, 1.165) is 0 Å². The van der Waals surface area contributed by atoms with Gasteiger partial charge in [-0.15, -0.1) is 5.10 Å². The number of carbonyl (C=O) groups is 1. The van der Waals surface area contributed by atoms with Crippen molar-refractivity contribution in [2.45, 2.75) is 77.9 Å². The predicted molar refractivity (Wildman–Crippen MR) is 109 cm³/mol. The Bertz CT molecular complexity index is 1080. The van der Waals surface area contributed by atoms with Crippen molar-refractivity contribution in [2.24, 2.45) is 11.0 Å². The van der Waals surface area contributed by atoms with Crippen LogP contribution >= 0.6 is 0 Å². The summed E-state index contributed by atoms with van der Waals surface area (Å²) in [5.74, 6) is -0.984. The zero-order valence-electron chi connectivity index (χ0n) is 18.5. The fourth-order valence-corrected chi connectivity index (χ4v) is 3.60. The molecular formula is C19H29N7O4. The second kappa shape index (κ2) is 7.06. The molecule has 0 spiro atoms. The molecule has 2 aromatic rings. The summed E-state index contributed by atoms with van der Waals surface area (Å²) in [6.45, 7) is 13.0. The number of hydrazone groups is 1. The second-order valence-electron chi connectivity index (χ2n) is 9.88. The Morgan fingerprint density at radius 3 is 2.23 bits per heavy atom. The summed E-state index contributed by atoms with van der Waals surface area (Å²) >= 11 is 0. The lowest BCUT2D eigenvalue weighted by Gasteiger charge is -2.30. The van der Waals surface area contributed by atoms with Crippen molar-refractivity contribution in [1.82, 2.24) is 29.6 Å². The summed E-state index contributed by atoms with van der Waals surface area (Å²) in [5, 5.41) is 14.1. The molecule has 1 N–H and O–H groups in total. The quantitative estimate of drug-likeness (QED) is 0.745. The Balaban J connectivity index is 1.80. The zero-order chi connectivity index (χ0) is 22.5.